The summed E-state index contributed by atoms with van der Waals surface area (Å²) in [5, 5.41) is 5.62. The molecule has 380 valence electrons. The number of anilines is 2. The molecule has 0 radical (unpaired) electrons. The second-order valence-corrected chi connectivity index (χ2v) is 23.9. The predicted octanol–water partition coefficient (Wildman–Crippen LogP) is 8.83. The molecule has 3 aromatic carbocycles. The fourth-order valence-electron chi connectivity index (χ4n) is 9.12. The van der Waals surface area contributed by atoms with Crippen LogP contribution in [0.25, 0.3) is 0 Å². The first kappa shape index (κ1) is 54.1. The van der Waals surface area contributed by atoms with Crippen molar-refractivity contribution >= 4 is 55.3 Å². The highest BCUT2D eigenvalue weighted by Crippen LogP contribution is 2.54. The number of benzene rings is 3. The first-order chi connectivity index (χ1) is 32.7. The minimum atomic E-state index is -6.09. The SMILES string of the molecule is CN(CCCCCCNC=O)CCC(CSc1ccccc1)Nc1ccc(S(=O)(=O)NC(=O)c2ccc(N3CCN(CC4=C([C@H]5CC5C(F)F)CC(C)(C)CC4)CC3)cc2)cc1S(=O)(=O)C(F)(F)F. The van der Waals surface area contributed by atoms with E-state index in [4.69, 9.17) is 0 Å². The lowest BCUT2D eigenvalue weighted by molar-refractivity contribution is -0.109. The van der Waals surface area contributed by atoms with E-state index in [1.807, 2.05) is 42.1 Å². The third-order valence-electron chi connectivity index (χ3n) is 13.3. The van der Waals surface area contributed by atoms with Gasteiger partial charge in [-0.1, -0.05) is 56.0 Å². The molecule has 1 saturated carbocycles. The summed E-state index contributed by atoms with van der Waals surface area (Å²) in [6, 6.07) is 17.3. The number of thioether (sulfide) groups is 1. The molecule has 20 heteroatoms. The van der Waals surface area contributed by atoms with E-state index >= 15 is 0 Å². The first-order valence-electron chi connectivity index (χ1n) is 23.6. The number of alkyl halides is 5. The van der Waals surface area contributed by atoms with Gasteiger partial charge < -0.3 is 20.4 Å². The molecule has 0 spiro atoms. The van der Waals surface area contributed by atoms with Gasteiger partial charge >= 0.3 is 5.51 Å². The molecule has 2 amide bonds. The van der Waals surface area contributed by atoms with Crippen LogP contribution in [0.3, 0.4) is 0 Å². The maximum absolute atomic E-state index is 14.2. The average Bonchev–Trinajstić information content (AvgIpc) is 4.12. The molecule has 2 aliphatic carbocycles. The van der Waals surface area contributed by atoms with Crippen LogP contribution in [0.1, 0.15) is 82.0 Å². The number of hydrogen-bond acceptors (Lipinski definition) is 11. The van der Waals surface area contributed by atoms with Gasteiger partial charge in [0.25, 0.3) is 25.8 Å². The molecule has 2 unspecified atom stereocenters. The minimum Gasteiger partial charge on any atom is -0.380 e. The highest BCUT2D eigenvalue weighted by atomic mass is 32.2. The summed E-state index contributed by atoms with van der Waals surface area (Å²) in [5.74, 6) is -1.28. The summed E-state index contributed by atoms with van der Waals surface area (Å²) in [6.45, 7) is 9.82. The fraction of sp³-hybridized carbons (Fsp3) is 0.551. The van der Waals surface area contributed by atoms with Crippen LogP contribution in [0.15, 0.2) is 98.6 Å². The van der Waals surface area contributed by atoms with Gasteiger partial charge in [-0.25, -0.2) is 30.3 Å². The molecule has 2 fully saturated rings. The van der Waals surface area contributed by atoms with E-state index in [-0.39, 0.29) is 16.9 Å². The Morgan fingerprint density at radius 2 is 1.62 bits per heavy atom. The van der Waals surface area contributed by atoms with Gasteiger partial charge in [0.15, 0.2) is 0 Å². The molecule has 3 aromatic rings. The molecule has 0 aromatic heterocycles. The number of piperazine rings is 1. The lowest BCUT2D eigenvalue weighted by Crippen LogP contribution is -2.47. The van der Waals surface area contributed by atoms with Crippen LogP contribution in [0.2, 0.25) is 0 Å². The van der Waals surface area contributed by atoms with Crippen molar-refractivity contribution in [2.24, 2.45) is 17.3 Å². The zero-order valence-corrected chi connectivity index (χ0v) is 41.9. The Hall–Kier alpha value is -4.24. The number of carbonyl (C=O) groups excluding carboxylic acids is 2. The van der Waals surface area contributed by atoms with Gasteiger partial charge in [0.05, 0.1) is 10.6 Å². The molecule has 1 heterocycles. The monoisotopic (exact) mass is 1020 g/mol. The number of nitrogens with zero attached hydrogens (tertiary/aromatic N) is 3. The Labute approximate surface area is 408 Å². The minimum absolute atomic E-state index is 0.0227. The van der Waals surface area contributed by atoms with Crippen LogP contribution < -0.4 is 20.3 Å². The van der Waals surface area contributed by atoms with E-state index in [1.165, 1.54) is 35.0 Å². The van der Waals surface area contributed by atoms with Crippen LogP contribution in [-0.4, -0.2) is 122 Å². The molecule has 1 saturated heterocycles. The van der Waals surface area contributed by atoms with E-state index in [9.17, 15) is 48.4 Å². The van der Waals surface area contributed by atoms with E-state index in [1.54, 1.807) is 12.1 Å². The molecule has 3 aliphatic rings. The number of allylic oxidation sites excluding steroid dienone is 1. The van der Waals surface area contributed by atoms with Crippen LogP contribution in [0.4, 0.5) is 33.3 Å². The Morgan fingerprint density at radius 1 is 0.928 bits per heavy atom. The van der Waals surface area contributed by atoms with E-state index in [2.05, 4.69) is 39.2 Å². The van der Waals surface area contributed by atoms with E-state index < -0.39 is 65.1 Å². The highest BCUT2D eigenvalue weighted by Gasteiger charge is 2.50. The highest BCUT2D eigenvalue weighted by molar-refractivity contribution is 7.99. The number of carbonyl (C=O) groups is 2. The van der Waals surface area contributed by atoms with Gasteiger partial charge in [0, 0.05) is 73.1 Å². The number of unbranched alkanes of at least 4 members (excludes halogenated alkanes) is 3. The average molecular weight is 1030 g/mol. The lowest BCUT2D eigenvalue weighted by atomic mass is 9.72. The summed E-state index contributed by atoms with van der Waals surface area (Å²) < 4.78 is 125. The zero-order chi connectivity index (χ0) is 50.0. The summed E-state index contributed by atoms with van der Waals surface area (Å²) in [4.78, 5) is 29.1. The number of sulfone groups is 1. The molecule has 1 aliphatic heterocycles. The Bertz CT molecular complexity index is 2450. The Kier molecular flexibility index (Phi) is 18.6. The van der Waals surface area contributed by atoms with Gasteiger partial charge in [0.2, 0.25) is 12.8 Å². The van der Waals surface area contributed by atoms with Crippen LogP contribution in [0, 0.1) is 17.3 Å². The summed E-state index contributed by atoms with van der Waals surface area (Å²) >= 11 is 1.43. The van der Waals surface area contributed by atoms with Gasteiger partial charge in [0.1, 0.15) is 4.90 Å². The molecule has 12 nitrogen and oxygen atoms in total. The molecule has 69 heavy (non-hydrogen) atoms. The Morgan fingerprint density at radius 3 is 2.28 bits per heavy atom. The molecular formula is C49H65F5N6O6S3. The third-order valence-corrected chi connectivity index (χ3v) is 17.3. The fourth-order valence-corrected chi connectivity index (χ4v) is 12.1. The normalized spacial score (nSPS) is 19.4. The molecule has 0 bridgehead atoms. The van der Waals surface area contributed by atoms with Gasteiger partial charge in [-0.2, -0.15) is 13.2 Å². The van der Waals surface area contributed by atoms with Crippen LogP contribution in [-0.2, 0) is 24.7 Å². The lowest BCUT2D eigenvalue weighted by Gasteiger charge is -2.39. The van der Waals surface area contributed by atoms with Crippen molar-refractivity contribution in [3.8, 4) is 0 Å². The molecule has 6 rings (SSSR count). The van der Waals surface area contributed by atoms with Crippen molar-refractivity contribution in [3.05, 3.63) is 89.5 Å². The van der Waals surface area contributed by atoms with Crippen molar-refractivity contribution in [1.82, 2.24) is 19.8 Å². The number of rotatable bonds is 25. The molecule has 3 N–H and O–H groups in total. The summed E-state index contributed by atoms with van der Waals surface area (Å²) in [5.41, 5.74) is -2.83. The van der Waals surface area contributed by atoms with Crippen molar-refractivity contribution in [2.75, 3.05) is 75.4 Å². The predicted molar refractivity (Wildman–Crippen MR) is 261 cm³/mol. The number of nitrogens with one attached hydrogen (secondary N) is 3. The molecular weight excluding hydrogens is 960 g/mol. The second-order valence-electron chi connectivity index (χ2n) is 19.2. The first-order valence-corrected chi connectivity index (χ1v) is 27.5. The summed E-state index contributed by atoms with van der Waals surface area (Å²) in [6.07, 6.45) is 5.72. The van der Waals surface area contributed by atoms with Crippen LogP contribution >= 0.6 is 11.8 Å². The van der Waals surface area contributed by atoms with Crippen molar-refractivity contribution in [1.29, 1.82) is 0 Å². The quantitative estimate of drug-likeness (QED) is 0.0246. The van der Waals surface area contributed by atoms with Gasteiger partial charge in [-0.15, -0.1) is 11.8 Å². The van der Waals surface area contributed by atoms with Crippen molar-refractivity contribution in [2.45, 2.75) is 104 Å². The van der Waals surface area contributed by atoms with E-state index in [0.29, 0.717) is 57.2 Å². The largest absolute Gasteiger partial charge is 0.501 e. The number of amides is 2. The van der Waals surface area contributed by atoms with Crippen LogP contribution in [0.5, 0.6) is 0 Å². The van der Waals surface area contributed by atoms with Crippen molar-refractivity contribution < 1.29 is 48.4 Å². The topological polar surface area (TPSA) is 148 Å². The Balaban J connectivity index is 1.10. The maximum atomic E-state index is 14.2. The summed E-state index contributed by atoms with van der Waals surface area (Å²) in [7, 11) is -9.06. The number of sulfonamides is 1. The second kappa shape index (κ2) is 23.8. The third kappa shape index (κ3) is 15.1. The maximum Gasteiger partial charge on any atom is 0.501 e. The standard InChI is InChI=1S/C49H65F5N6O6S3/c1-48(2)21-19-36(43(31-48)41-30-42(41)46(50)51)32-59-25-27-60(28-26-59)38-15-13-35(14-16-38)47(62)57-69(65,66)40-17-18-44(45(29-40)68(63,64)49(52,53)54)56-37(33-67-39-11-7-6-8-12-39)20-24-58(3)23-10-5-4-9-22-55-34-61/h6-8,11-18,29,34,37,41-42,46,56H,4-5,9-10,19-28,30-33H2,1-3H3,(H,55,61)(H,57,62)/t37?,41-,42?/m0/s1. The molecule has 3 atom stereocenters. The number of hydrogen-bond donors (Lipinski definition) is 3. The van der Waals surface area contributed by atoms with Gasteiger partial charge in [-0.3, -0.25) is 14.5 Å². The number of halogens is 5. The van der Waals surface area contributed by atoms with Gasteiger partial charge in [-0.05, 0) is 131 Å². The van der Waals surface area contributed by atoms with E-state index in [0.717, 1.165) is 93.8 Å². The van der Waals surface area contributed by atoms with Crippen molar-refractivity contribution in [3.63, 3.8) is 0 Å². The zero-order valence-electron chi connectivity index (χ0n) is 39.4. The smallest absolute Gasteiger partial charge is 0.380 e.